The largest absolute Gasteiger partial charge is 0.494 e. The normalized spacial score (nSPS) is 15.3. The van der Waals surface area contributed by atoms with Gasteiger partial charge in [0.2, 0.25) is 0 Å². The van der Waals surface area contributed by atoms with Crippen LogP contribution in [0.3, 0.4) is 0 Å². The number of aryl methyl sites for hydroxylation is 1. The first-order valence-corrected chi connectivity index (χ1v) is 9.62. The molecule has 140 valence electrons. The average Bonchev–Trinajstić information content (AvgIpc) is 3.11. The van der Waals surface area contributed by atoms with Crippen LogP contribution < -0.4 is 4.74 Å². The van der Waals surface area contributed by atoms with Gasteiger partial charge in [0.15, 0.2) is 0 Å². The summed E-state index contributed by atoms with van der Waals surface area (Å²) in [6, 6.07) is 13.7. The quantitative estimate of drug-likeness (QED) is 0.752. The Bertz CT molecular complexity index is 938. The molecule has 0 saturated carbocycles. The highest BCUT2D eigenvalue weighted by molar-refractivity contribution is 5.94. The molecule has 1 aliphatic heterocycles. The first-order chi connectivity index (χ1) is 13.1. The topological polar surface area (TPSA) is 58.2 Å². The van der Waals surface area contributed by atoms with Gasteiger partial charge >= 0.3 is 0 Å². The Labute approximate surface area is 159 Å². The molecular formula is C22H25N3O2. The van der Waals surface area contributed by atoms with Crippen molar-refractivity contribution in [2.24, 2.45) is 0 Å². The molecule has 1 aliphatic rings. The Morgan fingerprint density at radius 1 is 1.19 bits per heavy atom. The molecule has 0 aliphatic carbocycles. The van der Waals surface area contributed by atoms with Gasteiger partial charge in [-0.2, -0.15) is 0 Å². The lowest BCUT2D eigenvalue weighted by Crippen LogP contribution is -2.38. The highest BCUT2D eigenvalue weighted by Gasteiger charge is 2.26. The first kappa shape index (κ1) is 17.6. The van der Waals surface area contributed by atoms with E-state index in [-0.39, 0.29) is 5.91 Å². The van der Waals surface area contributed by atoms with Crippen molar-refractivity contribution in [3.05, 3.63) is 59.4 Å². The summed E-state index contributed by atoms with van der Waals surface area (Å²) in [7, 11) is 0. The lowest BCUT2D eigenvalue weighted by molar-refractivity contribution is 0.0711. The second-order valence-corrected chi connectivity index (χ2v) is 7.17. The van der Waals surface area contributed by atoms with E-state index in [2.05, 4.69) is 30.1 Å². The van der Waals surface area contributed by atoms with Crippen LogP contribution in [0.25, 0.3) is 11.0 Å². The van der Waals surface area contributed by atoms with Crippen LogP contribution in [-0.2, 0) is 0 Å². The standard InChI is InChI=1S/C22H25N3O2/c1-3-27-18-7-5-17(6-8-18)22(26)25-12-10-16(11-13-25)21-23-19-9-4-15(2)14-20(19)24-21/h4-9,14,16H,3,10-13H2,1-2H3,(H,23,24). The summed E-state index contributed by atoms with van der Waals surface area (Å²) in [5, 5.41) is 0. The van der Waals surface area contributed by atoms with E-state index < -0.39 is 0 Å². The van der Waals surface area contributed by atoms with Crippen molar-refractivity contribution in [2.45, 2.75) is 32.6 Å². The third-order valence-corrected chi connectivity index (χ3v) is 5.24. The molecule has 5 nitrogen and oxygen atoms in total. The molecule has 3 aromatic rings. The predicted molar refractivity (Wildman–Crippen MR) is 106 cm³/mol. The SMILES string of the molecule is CCOc1ccc(C(=O)N2CCC(c3nc4ccc(C)cc4[nH]3)CC2)cc1. The number of aromatic amines is 1. The van der Waals surface area contributed by atoms with E-state index in [1.807, 2.05) is 36.1 Å². The van der Waals surface area contributed by atoms with Gasteiger partial charge in [0.25, 0.3) is 5.91 Å². The summed E-state index contributed by atoms with van der Waals surface area (Å²) in [4.78, 5) is 22.9. The molecule has 1 saturated heterocycles. The van der Waals surface area contributed by atoms with Gasteiger partial charge in [0.05, 0.1) is 17.6 Å². The van der Waals surface area contributed by atoms with Gasteiger partial charge < -0.3 is 14.6 Å². The monoisotopic (exact) mass is 363 g/mol. The van der Waals surface area contributed by atoms with Gasteiger partial charge in [0.1, 0.15) is 11.6 Å². The maximum atomic E-state index is 12.8. The molecule has 5 heteroatoms. The third-order valence-electron chi connectivity index (χ3n) is 5.24. The lowest BCUT2D eigenvalue weighted by Gasteiger charge is -2.31. The van der Waals surface area contributed by atoms with Crippen molar-refractivity contribution < 1.29 is 9.53 Å². The molecule has 1 N–H and O–H groups in total. The van der Waals surface area contributed by atoms with Crippen LogP contribution in [0, 0.1) is 6.92 Å². The Balaban J connectivity index is 1.41. The number of H-pyrrole nitrogens is 1. The van der Waals surface area contributed by atoms with Gasteiger partial charge in [-0.1, -0.05) is 6.07 Å². The minimum absolute atomic E-state index is 0.0942. The Morgan fingerprint density at radius 2 is 1.93 bits per heavy atom. The van der Waals surface area contributed by atoms with E-state index >= 15 is 0 Å². The fourth-order valence-electron chi connectivity index (χ4n) is 3.74. The molecule has 0 unspecified atom stereocenters. The number of aromatic nitrogens is 2. The van der Waals surface area contributed by atoms with Crippen LogP contribution in [0.2, 0.25) is 0 Å². The summed E-state index contributed by atoms with van der Waals surface area (Å²) in [6.45, 7) is 6.18. The van der Waals surface area contributed by atoms with Crippen molar-refractivity contribution >= 4 is 16.9 Å². The summed E-state index contributed by atoms with van der Waals surface area (Å²) >= 11 is 0. The summed E-state index contributed by atoms with van der Waals surface area (Å²) in [5.41, 5.74) is 4.06. The van der Waals surface area contributed by atoms with Crippen LogP contribution in [-0.4, -0.2) is 40.5 Å². The number of nitrogens with one attached hydrogen (secondary N) is 1. The number of benzene rings is 2. The highest BCUT2D eigenvalue weighted by Crippen LogP contribution is 2.28. The van der Waals surface area contributed by atoms with Crippen LogP contribution in [0.5, 0.6) is 5.75 Å². The third kappa shape index (κ3) is 3.68. The van der Waals surface area contributed by atoms with Gasteiger partial charge in [-0.05, 0) is 68.7 Å². The van der Waals surface area contributed by atoms with E-state index in [0.29, 0.717) is 12.5 Å². The summed E-state index contributed by atoms with van der Waals surface area (Å²) in [6.07, 6.45) is 1.86. The molecule has 0 radical (unpaired) electrons. The number of amides is 1. The number of nitrogens with zero attached hydrogens (tertiary/aromatic N) is 2. The molecule has 0 bridgehead atoms. The predicted octanol–water partition coefficient (Wildman–Crippen LogP) is 4.29. The number of fused-ring (bicyclic) bond motifs is 1. The van der Waals surface area contributed by atoms with Crippen LogP contribution in [0.1, 0.15) is 47.4 Å². The lowest BCUT2D eigenvalue weighted by atomic mass is 9.95. The van der Waals surface area contributed by atoms with E-state index in [1.165, 1.54) is 5.56 Å². The molecule has 0 spiro atoms. The molecular weight excluding hydrogens is 338 g/mol. The fraction of sp³-hybridized carbons (Fsp3) is 0.364. The van der Waals surface area contributed by atoms with Crippen molar-refractivity contribution in [1.29, 1.82) is 0 Å². The Hall–Kier alpha value is -2.82. The van der Waals surface area contributed by atoms with Gasteiger partial charge in [-0.15, -0.1) is 0 Å². The van der Waals surface area contributed by atoms with Crippen molar-refractivity contribution in [1.82, 2.24) is 14.9 Å². The van der Waals surface area contributed by atoms with Crippen LogP contribution in [0.4, 0.5) is 0 Å². The zero-order valence-electron chi connectivity index (χ0n) is 15.9. The smallest absolute Gasteiger partial charge is 0.253 e. The maximum absolute atomic E-state index is 12.8. The molecule has 27 heavy (non-hydrogen) atoms. The number of imidazole rings is 1. The van der Waals surface area contributed by atoms with E-state index in [4.69, 9.17) is 9.72 Å². The Morgan fingerprint density at radius 3 is 2.63 bits per heavy atom. The second-order valence-electron chi connectivity index (χ2n) is 7.17. The van der Waals surface area contributed by atoms with E-state index in [1.54, 1.807) is 0 Å². The number of piperidine rings is 1. The number of rotatable bonds is 4. The first-order valence-electron chi connectivity index (χ1n) is 9.62. The second kappa shape index (κ2) is 7.43. The zero-order chi connectivity index (χ0) is 18.8. The molecule has 1 aromatic heterocycles. The zero-order valence-corrected chi connectivity index (χ0v) is 15.9. The molecule has 0 atom stereocenters. The average molecular weight is 363 g/mol. The number of carbonyl (C=O) groups is 1. The summed E-state index contributed by atoms with van der Waals surface area (Å²) in [5.74, 6) is 2.32. The van der Waals surface area contributed by atoms with Crippen molar-refractivity contribution in [3.63, 3.8) is 0 Å². The highest BCUT2D eigenvalue weighted by atomic mass is 16.5. The number of hydrogen-bond donors (Lipinski definition) is 1. The van der Waals surface area contributed by atoms with Gasteiger partial charge in [0, 0.05) is 24.6 Å². The maximum Gasteiger partial charge on any atom is 0.253 e. The van der Waals surface area contributed by atoms with Crippen molar-refractivity contribution in [2.75, 3.05) is 19.7 Å². The molecule has 2 heterocycles. The van der Waals surface area contributed by atoms with E-state index in [0.717, 1.165) is 54.1 Å². The molecule has 2 aromatic carbocycles. The number of ether oxygens (including phenoxy) is 1. The number of hydrogen-bond acceptors (Lipinski definition) is 3. The number of carbonyl (C=O) groups excluding carboxylic acids is 1. The summed E-state index contributed by atoms with van der Waals surface area (Å²) < 4.78 is 5.45. The minimum atomic E-state index is 0.0942. The van der Waals surface area contributed by atoms with E-state index in [9.17, 15) is 4.79 Å². The van der Waals surface area contributed by atoms with Crippen LogP contribution >= 0.6 is 0 Å². The molecule has 1 fully saturated rings. The molecule has 4 rings (SSSR count). The van der Waals surface area contributed by atoms with Gasteiger partial charge in [-0.3, -0.25) is 4.79 Å². The Kier molecular flexibility index (Phi) is 4.84. The van der Waals surface area contributed by atoms with Crippen molar-refractivity contribution in [3.8, 4) is 5.75 Å². The number of likely N-dealkylation sites (tertiary alicyclic amines) is 1. The minimum Gasteiger partial charge on any atom is -0.494 e. The fourth-order valence-corrected chi connectivity index (χ4v) is 3.74. The van der Waals surface area contributed by atoms with Gasteiger partial charge in [-0.25, -0.2) is 4.98 Å². The molecule has 1 amide bonds. The van der Waals surface area contributed by atoms with Crippen LogP contribution in [0.15, 0.2) is 42.5 Å².